The monoisotopic (exact) mass is 282 g/mol. The third kappa shape index (κ3) is 3.04. The first-order chi connectivity index (χ1) is 9.13. The summed E-state index contributed by atoms with van der Waals surface area (Å²) in [6.07, 6.45) is 5.87. The van der Waals surface area contributed by atoms with Crippen molar-refractivity contribution >= 4 is 29.4 Å². The number of rotatable bonds is 4. The second-order valence-electron chi connectivity index (χ2n) is 4.70. The molecule has 0 aromatic heterocycles. The van der Waals surface area contributed by atoms with Gasteiger partial charge < -0.3 is 4.90 Å². The molecule has 2 rings (SSSR count). The Kier molecular flexibility index (Phi) is 4.37. The molecule has 0 aliphatic heterocycles. The number of carbonyl (C=O) groups is 1. The molecular weight excluding hydrogens is 268 g/mol. The molecule has 1 aliphatic rings. The molecular formula is C13H15ClN2O3. The highest BCUT2D eigenvalue weighted by Crippen LogP contribution is 2.33. The molecule has 1 fully saturated rings. The molecule has 0 unspecified atom stereocenters. The van der Waals surface area contributed by atoms with Crippen LogP contribution in [0.4, 0.5) is 11.4 Å². The summed E-state index contributed by atoms with van der Waals surface area (Å²) in [6.45, 7) is 0. The first-order valence-electron chi connectivity index (χ1n) is 6.31. The van der Waals surface area contributed by atoms with Crippen molar-refractivity contribution in [2.75, 3.05) is 4.90 Å². The Labute approximate surface area is 116 Å². The summed E-state index contributed by atoms with van der Waals surface area (Å²) in [5.41, 5.74) is 0.375. The van der Waals surface area contributed by atoms with Crippen molar-refractivity contribution in [2.24, 2.45) is 0 Å². The lowest BCUT2D eigenvalue weighted by Crippen LogP contribution is -2.35. The minimum atomic E-state index is -0.482. The van der Waals surface area contributed by atoms with Gasteiger partial charge in [0.25, 0.3) is 5.69 Å². The molecule has 0 bridgehead atoms. The number of non-ortho nitro benzene ring substituents is 1. The molecule has 0 radical (unpaired) electrons. The second kappa shape index (κ2) is 6.02. The summed E-state index contributed by atoms with van der Waals surface area (Å²) >= 11 is 6.07. The van der Waals surface area contributed by atoms with Crippen LogP contribution in [0.3, 0.4) is 0 Å². The number of hydrogen-bond donors (Lipinski definition) is 0. The summed E-state index contributed by atoms with van der Waals surface area (Å²) in [4.78, 5) is 23.2. The van der Waals surface area contributed by atoms with Crippen LogP contribution in [-0.4, -0.2) is 17.4 Å². The van der Waals surface area contributed by atoms with Crippen molar-refractivity contribution < 1.29 is 9.72 Å². The molecule has 0 atom stereocenters. The fourth-order valence-corrected chi connectivity index (χ4v) is 2.73. The Morgan fingerprint density at radius 2 is 2.00 bits per heavy atom. The normalized spacial score (nSPS) is 16.1. The summed E-state index contributed by atoms with van der Waals surface area (Å²) in [6, 6.07) is 4.26. The highest BCUT2D eigenvalue weighted by atomic mass is 35.5. The van der Waals surface area contributed by atoms with Crippen molar-refractivity contribution in [3.63, 3.8) is 0 Å². The van der Waals surface area contributed by atoms with Gasteiger partial charge in [0.2, 0.25) is 6.41 Å². The molecule has 6 heteroatoms. The third-order valence-electron chi connectivity index (χ3n) is 3.50. The third-order valence-corrected chi connectivity index (χ3v) is 3.82. The van der Waals surface area contributed by atoms with Crippen LogP contribution in [0.5, 0.6) is 0 Å². The molecule has 102 valence electrons. The first kappa shape index (κ1) is 13.8. The maximum Gasteiger partial charge on any atom is 0.271 e. The Morgan fingerprint density at radius 1 is 1.32 bits per heavy atom. The van der Waals surface area contributed by atoms with Gasteiger partial charge in [-0.2, -0.15) is 0 Å². The van der Waals surface area contributed by atoms with Crippen molar-refractivity contribution in [1.29, 1.82) is 0 Å². The summed E-state index contributed by atoms with van der Waals surface area (Å²) in [7, 11) is 0. The van der Waals surface area contributed by atoms with Crippen LogP contribution in [0.15, 0.2) is 18.2 Å². The molecule has 0 saturated heterocycles. The molecule has 1 aliphatic carbocycles. The Hall–Kier alpha value is -1.62. The number of nitro groups is 1. The zero-order valence-electron chi connectivity index (χ0n) is 10.4. The van der Waals surface area contributed by atoms with E-state index in [2.05, 4.69) is 0 Å². The molecule has 1 aromatic rings. The SMILES string of the molecule is O=CN(c1cc([N+](=O)[O-])ccc1Cl)C1CCCCC1. The molecule has 0 spiro atoms. The van der Waals surface area contributed by atoms with E-state index in [1.54, 1.807) is 0 Å². The zero-order chi connectivity index (χ0) is 13.8. The lowest BCUT2D eigenvalue weighted by Gasteiger charge is -2.31. The van der Waals surface area contributed by atoms with E-state index in [4.69, 9.17) is 11.6 Å². The van der Waals surface area contributed by atoms with Crippen LogP contribution in [0, 0.1) is 10.1 Å². The van der Waals surface area contributed by atoms with Gasteiger partial charge in [0, 0.05) is 18.2 Å². The highest BCUT2D eigenvalue weighted by Gasteiger charge is 2.24. The zero-order valence-corrected chi connectivity index (χ0v) is 11.2. The van der Waals surface area contributed by atoms with Gasteiger partial charge >= 0.3 is 0 Å². The van der Waals surface area contributed by atoms with Crippen molar-refractivity contribution in [2.45, 2.75) is 38.1 Å². The quantitative estimate of drug-likeness (QED) is 0.482. The van der Waals surface area contributed by atoms with Gasteiger partial charge in [-0.05, 0) is 18.9 Å². The second-order valence-corrected chi connectivity index (χ2v) is 5.10. The maximum atomic E-state index is 11.3. The smallest absolute Gasteiger partial charge is 0.271 e. The Balaban J connectivity index is 2.33. The topological polar surface area (TPSA) is 63.5 Å². The molecule has 1 saturated carbocycles. The van der Waals surface area contributed by atoms with E-state index in [0.717, 1.165) is 32.1 Å². The summed E-state index contributed by atoms with van der Waals surface area (Å²) in [5.74, 6) is 0. The molecule has 1 amide bonds. The largest absolute Gasteiger partial charge is 0.310 e. The summed E-state index contributed by atoms with van der Waals surface area (Å²) < 4.78 is 0. The average Bonchev–Trinajstić information content (AvgIpc) is 2.42. The minimum absolute atomic E-state index is 0.0536. The number of carbonyl (C=O) groups excluding carboxylic acids is 1. The van der Waals surface area contributed by atoms with Crippen LogP contribution in [0.1, 0.15) is 32.1 Å². The van der Waals surface area contributed by atoms with Gasteiger partial charge in [0.15, 0.2) is 0 Å². The number of halogens is 1. The number of anilines is 1. The van der Waals surface area contributed by atoms with E-state index in [1.165, 1.54) is 29.5 Å². The Bertz CT molecular complexity index is 487. The number of benzene rings is 1. The van der Waals surface area contributed by atoms with Gasteiger partial charge in [-0.3, -0.25) is 14.9 Å². The molecule has 0 N–H and O–H groups in total. The fraction of sp³-hybridized carbons (Fsp3) is 0.462. The number of nitro benzene ring substituents is 1. The van der Waals surface area contributed by atoms with Crippen molar-refractivity contribution in [1.82, 2.24) is 0 Å². The van der Waals surface area contributed by atoms with Crippen LogP contribution in [-0.2, 0) is 4.79 Å². The van der Waals surface area contributed by atoms with E-state index in [0.29, 0.717) is 10.7 Å². The van der Waals surface area contributed by atoms with E-state index in [9.17, 15) is 14.9 Å². The van der Waals surface area contributed by atoms with E-state index in [1.807, 2.05) is 0 Å². The van der Waals surface area contributed by atoms with Crippen LogP contribution in [0.25, 0.3) is 0 Å². The predicted molar refractivity (Wildman–Crippen MR) is 73.5 cm³/mol. The van der Waals surface area contributed by atoms with Gasteiger partial charge in [-0.1, -0.05) is 30.9 Å². The minimum Gasteiger partial charge on any atom is -0.310 e. The van der Waals surface area contributed by atoms with Gasteiger partial charge in [-0.15, -0.1) is 0 Å². The molecule has 5 nitrogen and oxygen atoms in total. The van der Waals surface area contributed by atoms with Crippen LogP contribution >= 0.6 is 11.6 Å². The van der Waals surface area contributed by atoms with Gasteiger partial charge in [0.1, 0.15) is 0 Å². The number of hydrogen-bond acceptors (Lipinski definition) is 3. The van der Waals surface area contributed by atoms with E-state index < -0.39 is 4.92 Å². The van der Waals surface area contributed by atoms with Crippen LogP contribution < -0.4 is 4.90 Å². The standard InChI is InChI=1S/C13H15ClN2O3/c14-12-7-6-11(16(18)19)8-13(12)15(9-17)10-4-2-1-3-5-10/h6-10H,1-5H2. The molecule has 1 aromatic carbocycles. The molecule has 0 heterocycles. The average molecular weight is 283 g/mol. The Morgan fingerprint density at radius 3 is 2.58 bits per heavy atom. The maximum absolute atomic E-state index is 11.3. The lowest BCUT2D eigenvalue weighted by molar-refractivity contribution is -0.384. The van der Waals surface area contributed by atoms with Gasteiger partial charge in [-0.25, -0.2) is 0 Å². The number of nitrogens with zero attached hydrogens (tertiary/aromatic N) is 2. The van der Waals surface area contributed by atoms with Crippen molar-refractivity contribution in [3.8, 4) is 0 Å². The van der Waals surface area contributed by atoms with Crippen molar-refractivity contribution in [3.05, 3.63) is 33.3 Å². The van der Waals surface area contributed by atoms with Gasteiger partial charge in [0.05, 0.1) is 15.6 Å². The number of amides is 1. The molecule has 19 heavy (non-hydrogen) atoms. The highest BCUT2D eigenvalue weighted by molar-refractivity contribution is 6.33. The predicted octanol–water partition coefficient (Wildman–Crippen LogP) is 3.54. The van der Waals surface area contributed by atoms with Crippen LogP contribution in [0.2, 0.25) is 5.02 Å². The lowest BCUT2D eigenvalue weighted by atomic mass is 9.94. The summed E-state index contributed by atoms with van der Waals surface area (Å²) in [5, 5.41) is 11.2. The fourth-order valence-electron chi connectivity index (χ4n) is 2.51. The van der Waals surface area contributed by atoms with E-state index in [-0.39, 0.29) is 11.7 Å². The van der Waals surface area contributed by atoms with E-state index >= 15 is 0 Å². The first-order valence-corrected chi connectivity index (χ1v) is 6.69.